The summed E-state index contributed by atoms with van der Waals surface area (Å²) in [6.45, 7) is -1.22. The number of halogens is 3. The van der Waals surface area contributed by atoms with Crippen molar-refractivity contribution in [1.82, 2.24) is 4.72 Å². The summed E-state index contributed by atoms with van der Waals surface area (Å²) >= 11 is 0. The molecule has 0 heterocycles. The van der Waals surface area contributed by atoms with Gasteiger partial charge in [-0.25, -0.2) is 13.1 Å². The van der Waals surface area contributed by atoms with E-state index in [0.29, 0.717) is 0 Å². The molecule has 0 radical (unpaired) electrons. The molecular formula is C10H14F3N3O2S. The Balaban J connectivity index is 3.18. The van der Waals surface area contributed by atoms with E-state index < -0.39 is 22.7 Å². The average Bonchev–Trinajstić information content (AvgIpc) is 2.26. The molecule has 0 saturated heterocycles. The normalized spacial score (nSPS) is 12.5. The molecular weight excluding hydrogens is 283 g/mol. The molecule has 108 valence electrons. The Morgan fingerprint density at radius 2 is 1.95 bits per heavy atom. The zero-order valence-electron chi connectivity index (χ0n) is 10.3. The molecule has 1 aromatic carbocycles. The van der Waals surface area contributed by atoms with Gasteiger partial charge in [0, 0.05) is 7.05 Å². The van der Waals surface area contributed by atoms with Crippen LogP contribution in [0, 0.1) is 0 Å². The first-order valence-corrected chi connectivity index (χ1v) is 6.66. The monoisotopic (exact) mass is 297 g/mol. The van der Waals surface area contributed by atoms with Crippen molar-refractivity contribution in [2.45, 2.75) is 11.1 Å². The van der Waals surface area contributed by atoms with Gasteiger partial charge in [-0.1, -0.05) is 0 Å². The van der Waals surface area contributed by atoms with Crippen LogP contribution in [0.3, 0.4) is 0 Å². The third kappa shape index (κ3) is 4.00. The molecule has 0 fully saturated rings. The molecule has 0 unspecified atom stereocenters. The van der Waals surface area contributed by atoms with Gasteiger partial charge in [-0.05, 0) is 25.2 Å². The smallest absolute Gasteiger partial charge is 0.397 e. The molecule has 0 atom stereocenters. The number of hydrogen-bond acceptors (Lipinski definition) is 4. The minimum atomic E-state index is -4.40. The highest BCUT2D eigenvalue weighted by Gasteiger charge is 2.30. The molecule has 0 aromatic heterocycles. The predicted octanol–water partition coefficient (Wildman–Crippen LogP) is 1.18. The zero-order chi connectivity index (χ0) is 14.8. The number of nitrogens with two attached hydrogens (primary N) is 1. The molecule has 19 heavy (non-hydrogen) atoms. The molecule has 1 rings (SSSR count). The standard InChI is InChI=1S/C10H14F3N3O2S/c1-15-19(17,18)7-3-4-8(14)9(5-7)16(2)6-10(11,12)13/h3-5,15H,6,14H2,1-2H3. The quantitative estimate of drug-likeness (QED) is 0.818. The SMILES string of the molecule is CNS(=O)(=O)c1ccc(N)c(N(C)CC(F)(F)F)c1. The van der Waals surface area contributed by atoms with Crippen LogP contribution in [0.4, 0.5) is 24.5 Å². The molecule has 3 N–H and O–H groups in total. The van der Waals surface area contributed by atoms with Crippen molar-refractivity contribution < 1.29 is 21.6 Å². The molecule has 0 amide bonds. The van der Waals surface area contributed by atoms with E-state index in [4.69, 9.17) is 5.73 Å². The molecule has 0 aliphatic heterocycles. The molecule has 0 spiro atoms. The number of hydrogen-bond donors (Lipinski definition) is 2. The first-order chi connectivity index (χ1) is 8.57. The summed E-state index contributed by atoms with van der Waals surface area (Å²) in [6.07, 6.45) is -4.40. The lowest BCUT2D eigenvalue weighted by Gasteiger charge is -2.23. The molecule has 0 bridgehead atoms. The van der Waals surface area contributed by atoms with E-state index in [1.807, 2.05) is 0 Å². The van der Waals surface area contributed by atoms with Crippen LogP contribution in [0.15, 0.2) is 23.1 Å². The van der Waals surface area contributed by atoms with Gasteiger partial charge < -0.3 is 10.6 Å². The van der Waals surface area contributed by atoms with Gasteiger partial charge in [0.1, 0.15) is 6.54 Å². The average molecular weight is 297 g/mol. The molecule has 0 aliphatic carbocycles. The van der Waals surface area contributed by atoms with Crippen LogP contribution in [0.2, 0.25) is 0 Å². The summed E-state index contributed by atoms with van der Waals surface area (Å²) in [4.78, 5) is 0.706. The van der Waals surface area contributed by atoms with E-state index in [0.717, 1.165) is 11.0 Å². The fraction of sp³-hybridized carbons (Fsp3) is 0.400. The third-order valence-corrected chi connectivity index (χ3v) is 3.82. The Bertz CT molecular complexity index is 558. The minimum Gasteiger partial charge on any atom is -0.397 e. The number of nitrogens with one attached hydrogen (secondary N) is 1. The van der Waals surface area contributed by atoms with Crippen molar-refractivity contribution >= 4 is 21.4 Å². The van der Waals surface area contributed by atoms with Crippen LogP contribution in [-0.4, -0.2) is 35.2 Å². The molecule has 9 heteroatoms. The van der Waals surface area contributed by atoms with Crippen molar-refractivity contribution in [3.05, 3.63) is 18.2 Å². The summed E-state index contributed by atoms with van der Waals surface area (Å²) in [7, 11) is -1.33. The number of nitrogens with zero attached hydrogens (tertiary/aromatic N) is 1. The Morgan fingerprint density at radius 3 is 2.42 bits per heavy atom. The van der Waals surface area contributed by atoms with E-state index in [1.54, 1.807) is 0 Å². The van der Waals surface area contributed by atoms with Crippen molar-refractivity contribution in [3.8, 4) is 0 Å². The topological polar surface area (TPSA) is 75.4 Å². The van der Waals surface area contributed by atoms with Crippen molar-refractivity contribution in [3.63, 3.8) is 0 Å². The van der Waals surface area contributed by atoms with E-state index in [2.05, 4.69) is 4.72 Å². The highest BCUT2D eigenvalue weighted by Crippen LogP contribution is 2.28. The third-order valence-electron chi connectivity index (χ3n) is 2.41. The maximum Gasteiger partial charge on any atom is 0.405 e. The largest absolute Gasteiger partial charge is 0.405 e. The lowest BCUT2D eigenvalue weighted by Crippen LogP contribution is -2.31. The minimum absolute atomic E-state index is 0.00801. The van der Waals surface area contributed by atoms with E-state index in [-0.39, 0.29) is 16.3 Å². The lowest BCUT2D eigenvalue weighted by atomic mass is 10.2. The maximum absolute atomic E-state index is 12.3. The van der Waals surface area contributed by atoms with Gasteiger partial charge in [-0.3, -0.25) is 0 Å². The van der Waals surface area contributed by atoms with Crippen LogP contribution in [0.25, 0.3) is 0 Å². The van der Waals surface area contributed by atoms with Crippen molar-refractivity contribution in [1.29, 1.82) is 0 Å². The number of alkyl halides is 3. The molecule has 0 aliphatic rings. The second-order valence-corrected chi connectivity index (χ2v) is 5.79. The van der Waals surface area contributed by atoms with Gasteiger partial charge >= 0.3 is 6.18 Å². The second kappa shape index (κ2) is 5.25. The van der Waals surface area contributed by atoms with E-state index in [9.17, 15) is 21.6 Å². The van der Waals surface area contributed by atoms with Gasteiger partial charge in [0.05, 0.1) is 16.3 Å². The summed E-state index contributed by atoms with van der Waals surface area (Å²) in [5.41, 5.74) is 5.65. The van der Waals surface area contributed by atoms with Crippen LogP contribution in [0.1, 0.15) is 0 Å². The first kappa shape index (κ1) is 15.6. The molecule has 1 aromatic rings. The Morgan fingerprint density at radius 1 is 1.37 bits per heavy atom. The van der Waals surface area contributed by atoms with Gasteiger partial charge in [0.25, 0.3) is 0 Å². The molecule has 0 saturated carbocycles. The van der Waals surface area contributed by atoms with Crippen molar-refractivity contribution in [2.75, 3.05) is 31.3 Å². The number of benzene rings is 1. The van der Waals surface area contributed by atoms with Crippen LogP contribution >= 0.6 is 0 Å². The Hall–Kier alpha value is -1.48. The summed E-state index contributed by atoms with van der Waals surface area (Å²) in [5, 5.41) is 0. The van der Waals surface area contributed by atoms with E-state index >= 15 is 0 Å². The summed E-state index contributed by atoms with van der Waals surface area (Å²) < 4.78 is 62.2. The summed E-state index contributed by atoms with van der Waals surface area (Å²) in [6, 6.07) is 3.59. The van der Waals surface area contributed by atoms with Gasteiger partial charge in [0.15, 0.2) is 0 Å². The van der Waals surface area contributed by atoms with Crippen LogP contribution in [-0.2, 0) is 10.0 Å². The lowest BCUT2D eigenvalue weighted by molar-refractivity contribution is -0.119. The number of anilines is 2. The zero-order valence-corrected chi connectivity index (χ0v) is 11.1. The Labute approximate surface area is 109 Å². The number of rotatable bonds is 4. The molecule has 5 nitrogen and oxygen atoms in total. The second-order valence-electron chi connectivity index (χ2n) is 3.90. The van der Waals surface area contributed by atoms with Crippen LogP contribution < -0.4 is 15.4 Å². The van der Waals surface area contributed by atoms with Gasteiger partial charge in [-0.15, -0.1) is 0 Å². The van der Waals surface area contributed by atoms with E-state index in [1.165, 1.54) is 26.2 Å². The highest BCUT2D eigenvalue weighted by atomic mass is 32.2. The summed E-state index contributed by atoms with van der Waals surface area (Å²) in [5.74, 6) is 0. The Kier molecular flexibility index (Phi) is 4.31. The highest BCUT2D eigenvalue weighted by molar-refractivity contribution is 7.89. The number of nitrogen functional groups attached to an aromatic ring is 1. The maximum atomic E-state index is 12.3. The number of sulfonamides is 1. The van der Waals surface area contributed by atoms with Gasteiger partial charge in [-0.2, -0.15) is 13.2 Å². The fourth-order valence-corrected chi connectivity index (χ4v) is 2.24. The van der Waals surface area contributed by atoms with Gasteiger partial charge in [0.2, 0.25) is 10.0 Å². The van der Waals surface area contributed by atoms with Crippen molar-refractivity contribution in [2.24, 2.45) is 0 Å². The predicted molar refractivity (Wildman–Crippen MR) is 66.4 cm³/mol. The van der Waals surface area contributed by atoms with Crippen LogP contribution in [0.5, 0.6) is 0 Å². The first-order valence-electron chi connectivity index (χ1n) is 5.18. The fourth-order valence-electron chi connectivity index (χ4n) is 1.49.